The van der Waals surface area contributed by atoms with E-state index in [-0.39, 0.29) is 18.3 Å². The zero-order valence-electron chi connectivity index (χ0n) is 19.2. The first-order valence-electron chi connectivity index (χ1n) is 12.0. The maximum Gasteiger partial charge on any atom is 0.159 e. The van der Waals surface area contributed by atoms with Crippen molar-refractivity contribution in [2.45, 2.75) is 57.0 Å². The van der Waals surface area contributed by atoms with Crippen molar-refractivity contribution < 1.29 is 19.3 Å². The van der Waals surface area contributed by atoms with Gasteiger partial charge in [0.15, 0.2) is 6.29 Å². The first-order chi connectivity index (χ1) is 15.7. The third-order valence-corrected chi connectivity index (χ3v) is 7.56. The van der Waals surface area contributed by atoms with E-state index in [0.29, 0.717) is 18.3 Å². The molecule has 0 amide bonds. The Hall–Kier alpha value is -2.08. The highest BCUT2D eigenvalue weighted by molar-refractivity contribution is 5.51. The monoisotopic (exact) mass is 437 g/mol. The van der Waals surface area contributed by atoms with Crippen molar-refractivity contribution in [1.29, 1.82) is 0 Å². The van der Waals surface area contributed by atoms with E-state index in [1.165, 1.54) is 29.7 Å². The van der Waals surface area contributed by atoms with E-state index in [1.54, 1.807) is 14.2 Å². The number of fused-ring (bicyclic) bond motifs is 1. The number of benzene rings is 2. The Bertz CT molecular complexity index is 898. The Morgan fingerprint density at radius 3 is 2.38 bits per heavy atom. The van der Waals surface area contributed by atoms with Gasteiger partial charge < -0.3 is 24.2 Å². The quantitative estimate of drug-likeness (QED) is 0.614. The first kappa shape index (κ1) is 21.7. The Kier molecular flexibility index (Phi) is 6.40. The molecule has 1 saturated carbocycles. The second-order valence-electron chi connectivity index (χ2n) is 9.65. The van der Waals surface area contributed by atoms with Crippen LogP contribution in [0.2, 0.25) is 0 Å². The van der Waals surface area contributed by atoms with Crippen molar-refractivity contribution in [1.82, 2.24) is 0 Å². The number of anilines is 1. The number of nitrogens with zero attached hydrogens (tertiary/aromatic N) is 1. The van der Waals surface area contributed by atoms with Crippen LogP contribution in [0.5, 0.6) is 5.75 Å². The summed E-state index contributed by atoms with van der Waals surface area (Å²) in [5.41, 5.74) is 5.00. The van der Waals surface area contributed by atoms with Gasteiger partial charge in [-0.1, -0.05) is 31.0 Å². The third-order valence-electron chi connectivity index (χ3n) is 7.56. The molecule has 5 heteroatoms. The highest BCUT2D eigenvalue weighted by atomic mass is 16.7. The molecule has 5 rings (SSSR count). The lowest BCUT2D eigenvalue weighted by molar-refractivity contribution is -0.141. The Morgan fingerprint density at radius 1 is 1.00 bits per heavy atom. The van der Waals surface area contributed by atoms with Crippen molar-refractivity contribution >= 4 is 5.69 Å². The van der Waals surface area contributed by atoms with Gasteiger partial charge in [0, 0.05) is 44.8 Å². The summed E-state index contributed by atoms with van der Waals surface area (Å²) in [7, 11) is 3.45. The van der Waals surface area contributed by atoms with Gasteiger partial charge in [-0.05, 0) is 66.1 Å². The topological polar surface area (TPSA) is 51.2 Å². The fourth-order valence-corrected chi connectivity index (χ4v) is 5.60. The van der Waals surface area contributed by atoms with Crippen molar-refractivity contribution in [3.63, 3.8) is 0 Å². The third kappa shape index (κ3) is 4.52. The number of hydrogen-bond donors (Lipinski definition) is 1. The Labute approximate surface area is 191 Å². The average molecular weight is 438 g/mol. The molecule has 0 bridgehead atoms. The number of phenolic OH excluding ortho intramolecular Hbond substituents is 1. The van der Waals surface area contributed by atoms with Crippen molar-refractivity contribution in [3.8, 4) is 5.75 Å². The normalized spacial score (nSPS) is 24.0. The molecule has 2 aromatic carbocycles. The first-order valence-corrected chi connectivity index (χ1v) is 12.0. The molecule has 1 aliphatic carbocycles. The van der Waals surface area contributed by atoms with E-state index < -0.39 is 0 Å². The van der Waals surface area contributed by atoms with Crippen LogP contribution in [0.25, 0.3) is 0 Å². The van der Waals surface area contributed by atoms with Crippen molar-refractivity contribution in [3.05, 3.63) is 59.2 Å². The molecule has 2 aliphatic heterocycles. The lowest BCUT2D eigenvalue weighted by Crippen LogP contribution is -2.39. The second kappa shape index (κ2) is 9.42. The second-order valence-corrected chi connectivity index (χ2v) is 9.65. The lowest BCUT2D eigenvalue weighted by atomic mass is 9.80. The number of aromatic hydroxyl groups is 1. The molecule has 3 aliphatic rings. The molecule has 32 heavy (non-hydrogen) atoms. The molecule has 0 radical (unpaired) electrons. The maximum atomic E-state index is 9.95. The zero-order valence-corrected chi connectivity index (χ0v) is 19.2. The van der Waals surface area contributed by atoms with Crippen LogP contribution in [0.3, 0.4) is 0 Å². The zero-order chi connectivity index (χ0) is 22.1. The number of hydrogen-bond acceptors (Lipinski definition) is 5. The van der Waals surface area contributed by atoms with Gasteiger partial charge in [0.25, 0.3) is 0 Å². The largest absolute Gasteiger partial charge is 0.508 e. The van der Waals surface area contributed by atoms with Gasteiger partial charge in [0.05, 0.1) is 12.7 Å². The molecule has 0 unspecified atom stereocenters. The van der Waals surface area contributed by atoms with Crippen LogP contribution in [0.15, 0.2) is 42.5 Å². The highest BCUT2D eigenvalue weighted by Crippen LogP contribution is 2.44. The molecule has 0 spiro atoms. The Morgan fingerprint density at radius 2 is 1.72 bits per heavy atom. The van der Waals surface area contributed by atoms with Gasteiger partial charge in [0.1, 0.15) is 5.75 Å². The Balaban J connectivity index is 1.33. The van der Waals surface area contributed by atoms with Crippen LogP contribution in [0.1, 0.15) is 54.7 Å². The summed E-state index contributed by atoms with van der Waals surface area (Å²) in [5.74, 6) is 1.80. The van der Waals surface area contributed by atoms with Crippen LogP contribution in [0.4, 0.5) is 5.69 Å². The summed E-state index contributed by atoms with van der Waals surface area (Å²) in [5, 5.41) is 9.95. The van der Waals surface area contributed by atoms with E-state index >= 15 is 0 Å². The summed E-state index contributed by atoms with van der Waals surface area (Å²) < 4.78 is 17.3. The highest BCUT2D eigenvalue weighted by Gasteiger charge is 2.36. The predicted molar refractivity (Wildman–Crippen MR) is 125 cm³/mol. The van der Waals surface area contributed by atoms with Crippen LogP contribution in [-0.4, -0.2) is 44.8 Å². The smallest absolute Gasteiger partial charge is 0.159 e. The van der Waals surface area contributed by atoms with Crippen LogP contribution in [-0.2, 0) is 20.8 Å². The van der Waals surface area contributed by atoms with Gasteiger partial charge in [0.2, 0.25) is 0 Å². The number of methoxy groups -OCH3 is 2. The lowest BCUT2D eigenvalue weighted by Gasteiger charge is -2.37. The minimum absolute atomic E-state index is 0.103. The fourth-order valence-electron chi connectivity index (χ4n) is 5.60. The molecule has 172 valence electrons. The number of rotatable bonds is 7. The molecule has 2 fully saturated rings. The molecule has 5 nitrogen and oxygen atoms in total. The van der Waals surface area contributed by atoms with Crippen LogP contribution >= 0.6 is 0 Å². The van der Waals surface area contributed by atoms with Crippen LogP contribution in [0, 0.1) is 11.8 Å². The maximum absolute atomic E-state index is 9.95. The number of piperidine rings is 1. The van der Waals surface area contributed by atoms with Gasteiger partial charge in [-0.3, -0.25) is 0 Å². The summed E-state index contributed by atoms with van der Waals surface area (Å²) in [4.78, 5) is 2.47. The number of phenols is 1. The predicted octanol–water partition coefficient (Wildman–Crippen LogP) is 5.06. The summed E-state index contributed by atoms with van der Waals surface area (Å²) in [6.45, 7) is 2.63. The molecule has 2 aromatic rings. The molecule has 2 atom stereocenters. The minimum Gasteiger partial charge on any atom is -0.508 e. The minimum atomic E-state index is -0.103. The summed E-state index contributed by atoms with van der Waals surface area (Å²) in [6.07, 6.45) is 6.04. The SMILES string of the molecule is COC(OC)C1CCN(c2ccc([C@@H]3c4ccc(O)cc4CO[C@@H]3CC3CC3)cc2)CC1. The van der Waals surface area contributed by atoms with Gasteiger partial charge in [-0.15, -0.1) is 0 Å². The molecule has 1 N–H and O–H groups in total. The average Bonchev–Trinajstić information content (AvgIpc) is 3.65. The van der Waals surface area contributed by atoms with E-state index in [4.69, 9.17) is 14.2 Å². The fraction of sp³-hybridized carbons (Fsp3) is 0.556. The van der Waals surface area contributed by atoms with Gasteiger partial charge >= 0.3 is 0 Å². The van der Waals surface area contributed by atoms with Gasteiger partial charge in [-0.25, -0.2) is 0 Å². The standard InChI is InChI=1S/C27H35NO4/c1-30-27(31-2)20-11-13-28(14-12-20)22-7-5-19(6-8-22)26-24-10-9-23(29)16-21(24)17-32-25(26)15-18-3-4-18/h5-10,16,18,20,25-27,29H,3-4,11-15,17H2,1-2H3/t25-,26-/m1/s1. The van der Waals surface area contributed by atoms with E-state index in [2.05, 4.69) is 35.2 Å². The van der Waals surface area contributed by atoms with E-state index in [1.807, 2.05) is 12.1 Å². The summed E-state index contributed by atoms with van der Waals surface area (Å²) >= 11 is 0. The van der Waals surface area contributed by atoms with Crippen molar-refractivity contribution in [2.75, 3.05) is 32.2 Å². The van der Waals surface area contributed by atoms with Crippen LogP contribution < -0.4 is 4.90 Å². The molecular formula is C27H35NO4. The summed E-state index contributed by atoms with van der Waals surface area (Å²) in [6, 6.07) is 14.9. The number of ether oxygens (including phenoxy) is 3. The van der Waals surface area contributed by atoms with E-state index in [0.717, 1.165) is 43.8 Å². The van der Waals surface area contributed by atoms with Crippen molar-refractivity contribution in [2.24, 2.45) is 11.8 Å². The molecular weight excluding hydrogens is 402 g/mol. The van der Waals surface area contributed by atoms with E-state index in [9.17, 15) is 5.11 Å². The van der Waals surface area contributed by atoms with Gasteiger partial charge in [-0.2, -0.15) is 0 Å². The molecule has 0 aromatic heterocycles. The molecule has 1 saturated heterocycles. The molecule has 2 heterocycles.